The fourth-order valence-electron chi connectivity index (χ4n) is 5.91. The molecule has 0 spiro atoms. The first-order valence-corrected chi connectivity index (χ1v) is 11.9. The van der Waals surface area contributed by atoms with Crippen molar-refractivity contribution in [1.29, 1.82) is 0 Å². The lowest BCUT2D eigenvalue weighted by molar-refractivity contribution is -0.351. The Morgan fingerprint density at radius 1 is 1.15 bits per heavy atom. The van der Waals surface area contributed by atoms with Crippen LogP contribution >= 0.6 is 11.6 Å². The molecule has 4 aliphatic rings. The number of fused-ring (bicyclic) bond motifs is 3. The minimum atomic E-state index is -4.67. The topological polar surface area (TPSA) is 96.9 Å². The molecule has 3 N–H and O–H groups in total. The van der Waals surface area contributed by atoms with Crippen molar-refractivity contribution in [2.24, 2.45) is 5.41 Å². The number of aliphatic hydroxyl groups excluding tert-OH is 1. The summed E-state index contributed by atoms with van der Waals surface area (Å²) in [6.45, 7) is 0. The molecular formula is C23H26ClF3N2O5. The highest BCUT2D eigenvalue weighted by Gasteiger charge is 2.59. The second-order valence-electron chi connectivity index (χ2n) is 10.1. The van der Waals surface area contributed by atoms with Crippen LogP contribution in [0.5, 0.6) is 5.75 Å². The molecule has 7 nitrogen and oxygen atoms in total. The van der Waals surface area contributed by atoms with Crippen molar-refractivity contribution < 1.29 is 37.3 Å². The first kappa shape index (κ1) is 23.7. The van der Waals surface area contributed by atoms with E-state index < -0.39 is 35.6 Å². The Morgan fingerprint density at radius 3 is 2.53 bits per heavy atom. The number of nitrogens with one attached hydrogen (secondary N) is 2. The fraction of sp³-hybridized carbons (Fsp3) is 0.652. The van der Waals surface area contributed by atoms with Gasteiger partial charge in [-0.3, -0.25) is 14.3 Å². The van der Waals surface area contributed by atoms with E-state index in [1.54, 1.807) is 18.2 Å². The van der Waals surface area contributed by atoms with Gasteiger partial charge in [-0.25, -0.2) is 0 Å². The van der Waals surface area contributed by atoms with E-state index in [4.69, 9.17) is 16.3 Å². The molecule has 34 heavy (non-hydrogen) atoms. The van der Waals surface area contributed by atoms with Crippen LogP contribution in [0.2, 0.25) is 5.02 Å². The van der Waals surface area contributed by atoms with Crippen molar-refractivity contribution in [3.63, 3.8) is 0 Å². The lowest BCUT2D eigenvalue weighted by Gasteiger charge is -2.38. The molecule has 2 bridgehead atoms. The number of hydrogen-bond donors (Lipinski definition) is 3. The van der Waals surface area contributed by atoms with Gasteiger partial charge in [0.15, 0.2) is 6.10 Å². The van der Waals surface area contributed by atoms with Gasteiger partial charge >= 0.3 is 6.36 Å². The van der Waals surface area contributed by atoms with Crippen molar-refractivity contribution in [2.75, 3.05) is 0 Å². The van der Waals surface area contributed by atoms with E-state index in [2.05, 4.69) is 15.4 Å². The molecule has 11 heteroatoms. The highest BCUT2D eigenvalue weighted by Crippen LogP contribution is 2.57. The average molecular weight is 503 g/mol. The molecule has 1 aromatic rings. The average Bonchev–Trinajstić information content (AvgIpc) is 3.29. The van der Waals surface area contributed by atoms with Gasteiger partial charge < -0.3 is 20.5 Å². The van der Waals surface area contributed by atoms with Crippen molar-refractivity contribution in [3.8, 4) is 5.75 Å². The monoisotopic (exact) mass is 502 g/mol. The highest BCUT2D eigenvalue weighted by atomic mass is 35.5. The second-order valence-corrected chi connectivity index (χ2v) is 10.5. The molecule has 0 radical (unpaired) electrons. The molecule has 3 aliphatic carbocycles. The molecule has 2 amide bonds. The maximum absolute atomic E-state index is 13.0. The number of ether oxygens (including phenoxy) is 2. The van der Waals surface area contributed by atoms with E-state index in [-0.39, 0.29) is 37.1 Å². The van der Waals surface area contributed by atoms with Gasteiger partial charge in [0.05, 0.1) is 17.6 Å². The molecule has 1 aromatic carbocycles. The number of benzene rings is 1. The highest BCUT2D eigenvalue weighted by molar-refractivity contribution is 6.30. The minimum Gasteiger partial charge on any atom is -0.480 e. The number of amides is 2. The number of rotatable bonds is 5. The molecule has 2 atom stereocenters. The predicted octanol–water partition coefficient (Wildman–Crippen LogP) is 3.53. The van der Waals surface area contributed by atoms with E-state index in [1.807, 2.05) is 0 Å². The molecule has 1 heterocycles. The van der Waals surface area contributed by atoms with Gasteiger partial charge in [-0.05, 0) is 63.1 Å². The van der Waals surface area contributed by atoms with E-state index in [1.165, 1.54) is 0 Å². The summed E-state index contributed by atoms with van der Waals surface area (Å²) in [6, 6.07) is 4.55. The summed E-state index contributed by atoms with van der Waals surface area (Å²) in [5.41, 5.74) is -0.601. The van der Waals surface area contributed by atoms with Crippen LogP contribution < -0.4 is 15.4 Å². The Labute approximate surface area is 199 Å². The van der Waals surface area contributed by atoms with Crippen LogP contribution in [0.15, 0.2) is 18.2 Å². The Morgan fingerprint density at radius 2 is 1.85 bits per heavy atom. The number of aliphatic hydroxyl groups is 1. The van der Waals surface area contributed by atoms with Gasteiger partial charge in [0.1, 0.15) is 5.75 Å². The number of halogens is 4. The zero-order valence-corrected chi connectivity index (χ0v) is 19.0. The number of carbonyl (C=O) groups excluding carboxylic acids is 2. The number of alkyl halides is 3. The summed E-state index contributed by atoms with van der Waals surface area (Å²) in [6.07, 6.45) is -3.99. The number of hydrogen-bond acceptors (Lipinski definition) is 5. The zero-order valence-electron chi connectivity index (χ0n) is 18.3. The first-order chi connectivity index (χ1) is 16.0. The summed E-state index contributed by atoms with van der Waals surface area (Å²) in [5, 5.41) is 16.9. The summed E-state index contributed by atoms with van der Waals surface area (Å²) in [4.78, 5) is 26.0. The van der Waals surface area contributed by atoms with Crippen molar-refractivity contribution in [1.82, 2.24) is 10.6 Å². The normalized spacial score (nSPS) is 36.3. The van der Waals surface area contributed by atoms with E-state index >= 15 is 0 Å². The third kappa shape index (κ3) is 4.47. The summed E-state index contributed by atoms with van der Waals surface area (Å²) in [5.74, 6) is -0.0729. The smallest absolute Gasteiger partial charge is 0.480 e. The maximum atomic E-state index is 13.0. The van der Waals surface area contributed by atoms with Crippen LogP contribution in [0.3, 0.4) is 0 Å². The minimum absolute atomic E-state index is 0.101. The zero-order chi connectivity index (χ0) is 24.3. The standard InChI is InChI=1S/C23H26ClF3N2O5/c24-12-1-2-17-15(7-12)16(30)10-18(33-17)19(31)29-22-5-3-21(11-22,4-6-22)20(32)28-13-8-14(9-13)34-23(25,26)27/h1-2,7,13-14,16,18,30H,3-6,8-11H2,(H,28,32)(H,29,31)/t13?,14?,16-,18-,21?,22?/m0/s1. The van der Waals surface area contributed by atoms with E-state index in [0.717, 1.165) is 0 Å². The lowest BCUT2D eigenvalue weighted by Crippen LogP contribution is -2.52. The fourth-order valence-corrected chi connectivity index (χ4v) is 6.09. The third-order valence-electron chi connectivity index (χ3n) is 7.77. The lowest BCUT2D eigenvalue weighted by atomic mass is 9.81. The van der Waals surface area contributed by atoms with Gasteiger partial charge in [0.2, 0.25) is 5.91 Å². The van der Waals surface area contributed by atoms with Crippen molar-refractivity contribution >= 4 is 23.4 Å². The first-order valence-electron chi connectivity index (χ1n) is 11.5. The quantitative estimate of drug-likeness (QED) is 0.572. The Hall–Kier alpha value is -2.04. The Bertz CT molecular complexity index is 989. The second kappa shape index (κ2) is 8.27. The predicted molar refractivity (Wildman–Crippen MR) is 114 cm³/mol. The van der Waals surface area contributed by atoms with Crippen LogP contribution in [0.1, 0.15) is 63.0 Å². The van der Waals surface area contributed by atoms with Gasteiger partial charge in [-0.2, -0.15) is 0 Å². The van der Waals surface area contributed by atoms with Crippen molar-refractivity contribution in [2.45, 2.75) is 87.6 Å². The third-order valence-corrected chi connectivity index (χ3v) is 8.01. The Balaban J connectivity index is 1.16. The molecule has 0 saturated heterocycles. The van der Waals surface area contributed by atoms with E-state index in [9.17, 15) is 27.9 Å². The summed E-state index contributed by atoms with van der Waals surface area (Å²) in [7, 11) is 0. The molecule has 0 unspecified atom stereocenters. The molecule has 3 fully saturated rings. The van der Waals surface area contributed by atoms with Crippen LogP contribution in [0, 0.1) is 5.41 Å². The summed E-state index contributed by atoms with van der Waals surface area (Å²) < 4.78 is 46.7. The number of carbonyl (C=O) groups is 2. The molecule has 0 aromatic heterocycles. The molecule has 1 aliphatic heterocycles. The van der Waals surface area contributed by atoms with Gasteiger partial charge in [-0.1, -0.05) is 11.6 Å². The SMILES string of the molecule is O=C(NC12CCC(C(=O)NC3CC(OC(F)(F)F)C3)(CC1)C2)[C@@H]1C[C@H](O)c2cc(Cl)ccc2O1. The van der Waals surface area contributed by atoms with E-state index in [0.29, 0.717) is 48.4 Å². The van der Waals surface area contributed by atoms with Crippen LogP contribution in [-0.4, -0.2) is 47.1 Å². The molecule has 5 rings (SSSR count). The van der Waals surface area contributed by atoms with Crippen LogP contribution in [0.25, 0.3) is 0 Å². The molecular weight excluding hydrogens is 477 g/mol. The van der Waals surface area contributed by atoms with Gasteiger partial charge in [0, 0.05) is 28.6 Å². The molecule has 186 valence electrons. The Kier molecular flexibility index (Phi) is 5.76. The van der Waals surface area contributed by atoms with Gasteiger partial charge in [-0.15, -0.1) is 13.2 Å². The largest absolute Gasteiger partial charge is 0.522 e. The molecule has 3 saturated carbocycles. The van der Waals surface area contributed by atoms with Crippen LogP contribution in [0.4, 0.5) is 13.2 Å². The van der Waals surface area contributed by atoms with Crippen LogP contribution in [-0.2, 0) is 14.3 Å². The summed E-state index contributed by atoms with van der Waals surface area (Å²) >= 11 is 5.98. The maximum Gasteiger partial charge on any atom is 0.522 e. The van der Waals surface area contributed by atoms with Crippen molar-refractivity contribution in [3.05, 3.63) is 28.8 Å². The van der Waals surface area contributed by atoms with Gasteiger partial charge in [0.25, 0.3) is 5.91 Å².